The van der Waals surface area contributed by atoms with Gasteiger partial charge in [-0.15, -0.1) is 0 Å². The van der Waals surface area contributed by atoms with Gasteiger partial charge in [-0.2, -0.15) is 0 Å². The van der Waals surface area contributed by atoms with E-state index in [2.05, 4.69) is 35.8 Å². The van der Waals surface area contributed by atoms with Gasteiger partial charge in [0.05, 0.1) is 22.4 Å². The highest BCUT2D eigenvalue weighted by molar-refractivity contribution is 6.05. The zero-order chi connectivity index (χ0) is 31.0. The van der Waals surface area contributed by atoms with Crippen molar-refractivity contribution in [3.63, 3.8) is 0 Å². The van der Waals surface area contributed by atoms with Crippen LogP contribution in [0.4, 0.5) is 26.9 Å². The number of H-pyrrole nitrogens is 1. The van der Waals surface area contributed by atoms with E-state index in [9.17, 15) is 14.4 Å². The molecule has 0 aliphatic rings. The minimum atomic E-state index is -0.663. The molecule has 0 aliphatic heterocycles. The highest BCUT2D eigenvalue weighted by Gasteiger charge is 2.19. The van der Waals surface area contributed by atoms with E-state index in [-0.39, 0.29) is 18.3 Å². The number of nitrogens with one attached hydrogen (secondary N) is 4. The lowest BCUT2D eigenvalue weighted by molar-refractivity contribution is 0.0635. The van der Waals surface area contributed by atoms with Crippen molar-refractivity contribution in [2.45, 2.75) is 39.3 Å². The maximum Gasteiger partial charge on any atom is 0.412 e. The number of carbonyl (C=O) groups excluding carboxylic acids is 3. The van der Waals surface area contributed by atoms with Gasteiger partial charge in [0.2, 0.25) is 5.95 Å². The number of aromatic nitrogens is 3. The summed E-state index contributed by atoms with van der Waals surface area (Å²) in [6, 6.07) is 17.4. The molecule has 43 heavy (non-hydrogen) atoms. The van der Waals surface area contributed by atoms with Gasteiger partial charge in [-0.1, -0.05) is 30.3 Å². The van der Waals surface area contributed by atoms with E-state index in [0.29, 0.717) is 23.9 Å². The number of hydrogen-bond acceptors (Lipinski definition) is 7. The van der Waals surface area contributed by atoms with Crippen molar-refractivity contribution in [1.29, 1.82) is 0 Å². The number of urea groups is 1. The summed E-state index contributed by atoms with van der Waals surface area (Å²) in [5.41, 5.74) is 2.67. The van der Waals surface area contributed by atoms with Gasteiger partial charge in [0, 0.05) is 19.3 Å². The molecule has 4 aromatic rings. The minimum Gasteiger partial charge on any atom is -0.444 e. The molecule has 4 rings (SSSR count). The fourth-order valence-electron chi connectivity index (χ4n) is 4.20. The van der Waals surface area contributed by atoms with Crippen LogP contribution in [0.2, 0.25) is 0 Å². The van der Waals surface area contributed by atoms with Crippen molar-refractivity contribution < 1.29 is 19.1 Å². The summed E-state index contributed by atoms with van der Waals surface area (Å²) in [5.74, 6) is -0.0779. The zero-order valence-electron chi connectivity index (χ0n) is 25.1. The lowest BCUT2D eigenvalue weighted by atomic mass is 10.2. The number of aromatic amines is 1. The summed E-state index contributed by atoms with van der Waals surface area (Å²) in [5, 5.41) is 8.31. The van der Waals surface area contributed by atoms with Crippen LogP contribution in [-0.2, 0) is 11.3 Å². The van der Waals surface area contributed by atoms with Gasteiger partial charge in [-0.25, -0.2) is 14.6 Å². The van der Waals surface area contributed by atoms with Gasteiger partial charge < -0.3 is 24.8 Å². The molecule has 4 N–H and O–H groups in total. The predicted molar refractivity (Wildman–Crippen MR) is 167 cm³/mol. The Morgan fingerprint density at radius 3 is 2.23 bits per heavy atom. The normalized spacial score (nSPS) is 11.3. The monoisotopic (exact) mass is 586 g/mol. The first-order valence-electron chi connectivity index (χ1n) is 14.0. The third kappa shape index (κ3) is 9.27. The highest BCUT2D eigenvalue weighted by atomic mass is 16.6. The first kappa shape index (κ1) is 31.0. The Hall–Kier alpha value is -4.97. The summed E-state index contributed by atoms with van der Waals surface area (Å²) in [6.07, 6.45) is 1.72. The summed E-state index contributed by atoms with van der Waals surface area (Å²) in [7, 11) is 3.97. The molecule has 0 atom stereocenters. The van der Waals surface area contributed by atoms with Gasteiger partial charge in [0.25, 0.3) is 5.91 Å². The van der Waals surface area contributed by atoms with Crippen LogP contribution in [0.3, 0.4) is 0 Å². The molecule has 2 aromatic heterocycles. The van der Waals surface area contributed by atoms with Crippen LogP contribution >= 0.6 is 0 Å². The number of fused-ring (bicyclic) bond motifs is 1. The van der Waals surface area contributed by atoms with E-state index in [1.165, 1.54) is 0 Å². The standard InChI is InChI=1S/C31H38N8O4/c1-31(2,3)43-30(42)36-25-14-9-6-11-22(25)33-27(40)26-16-15-21(19-32-26)20-39(18-10-17-38(4)5)29(41)37-28-34-23-12-7-8-13-24(23)35-28/h6-9,11-16,19H,10,17-18,20H2,1-5H3,(H,33,40)(H,36,42)(H2,34,35,37,41). The van der Waals surface area contributed by atoms with E-state index in [4.69, 9.17) is 4.74 Å². The third-order valence-corrected chi connectivity index (χ3v) is 6.18. The van der Waals surface area contributed by atoms with Crippen LogP contribution in [-0.4, -0.2) is 75.6 Å². The molecule has 12 nitrogen and oxygen atoms in total. The number of hydrogen-bond donors (Lipinski definition) is 4. The van der Waals surface area contributed by atoms with E-state index in [0.717, 1.165) is 29.6 Å². The molecule has 0 saturated heterocycles. The SMILES string of the molecule is CN(C)CCCN(Cc1ccc(C(=O)Nc2ccccc2NC(=O)OC(C)(C)C)nc1)C(=O)Nc1nc2ccccc2[nH]1. The van der Waals surface area contributed by atoms with Crippen LogP contribution in [0.25, 0.3) is 11.0 Å². The van der Waals surface area contributed by atoms with Crippen LogP contribution in [0, 0.1) is 0 Å². The smallest absolute Gasteiger partial charge is 0.412 e. The Labute approximate surface area is 250 Å². The van der Waals surface area contributed by atoms with E-state index in [1.807, 2.05) is 38.4 Å². The molecule has 0 aliphatic carbocycles. The number of ether oxygens (including phenoxy) is 1. The van der Waals surface area contributed by atoms with Gasteiger partial charge in [-0.3, -0.25) is 20.4 Å². The predicted octanol–water partition coefficient (Wildman–Crippen LogP) is 5.54. The molecule has 0 fully saturated rings. The summed E-state index contributed by atoms with van der Waals surface area (Å²) < 4.78 is 5.32. The van der Waals surface area contributed by atoms with Crippen LogP contribution < -0.4 is 16.0 Å². The quantitative estimate of drug-likeness (QED) is 0.191. The Kier molecular flexibility index (Phi) is 9.94. The summed E-state index contributed by atoms with van der Waals surface area (Å²) in [6.45, 7) is 6.92. The Morgan fingerprint density at radius 1 is 0.884 bits per heavy atom. The van der Waals surface area contributed by atoms with E-state index < -0.39 is 17.6 Å². The number of imidazole rings is 1. The molecular weight excluding hydrogens is 548 g/mol. The molecule has 12 heteroatoms. The second-order valence-electron chi connectivity index (χ2n) is 11.3. The molecular formula is C31H38N8O4. The molecule has 0 radical (unpaired) electrons. The summed E-state index contributed by atoms with van der Waals surface area (Å²) >= 11 is 0. The number of benzene rings is 2. The van der Waals surface area contributed by atoms with E-state index in [1.54, 1.807) is 68.3 Å². The van der Waals surface area contributed by atoms with Crippen LogP contribution in [0.5, 0.6) is 0 Å². The molecule has 0 bridgehead atoms. The highest BCUT2D eigenvalue weighted by Crippen LogP contribution is 2.23. The van der Waals surface area contributed by atoms with E-state index >= 15 is 0 Å². The first-order chi connectivity index (χ1) is 20.5. The molecule has 0 spiro atoms. The van der Waals surface area contributed by atoms with Gasteiger partial charge in [0.15, 0.2) is 0 Å². The Morgan fingerprint density at radius 2 is 1.58 bits per heavy atom. The van der Waals surface area contributed by atoms with Crippen LogP contribution in [0.15, 0.2) is 66.9 Å². The number of rotatable bonds is 10. The third-order valence-electron chi connectivity index (χ3n) is 6.18. The number of anilines is 3. The minimum absolute atomic E-state index is 0.182. The van der Waals surface area contributed by atoms with Gasteiger partial charge in [0.1, 0.15) is 11.3 Å². The number of amides is 4. The van der Waals surface area contributed by atoms with Crippen LogP contribution in [0.1, 0.15) is 43.2 Å². The maximum atomic E-state index is 13.3. The fraction of sp³-hybridized carbons (Fsp3) is 0.323. The zero-order valence-corrected chi connectivity index (χ0v) is 25.1. The van der Waals surface area contributed by atoms with Crippen molar-refractivity contribution in [2.75, 3.05) is 43.1 Å². The second-order valence-corrected chi connectivity index (χ2v) is 11.3. The Balaban J connectivity index is 1.41. The molecule has 0 unspecified atom stereocenters. The van der Waals surface area contributed by atoms with Crippen molar-refractivity contribution >= 4 is 46.4 Å². The second kappa shape index (κ2) is 13.8. The first-order valence-corrected chi connectivity index (χ1v) is 14.0. The molecule has 226 valence electrons. The molecule has 0 saturated carbocycles. The maximum absolute atomic E-state index is 13.3. The number of pyridine rings is 1. The average Bonchev–Trinajstić information content (AvgIpc) is 3.35. The molecule has 2 aromatic carbocycles. The van der Waals surface area contributed by atoms with Crippen molar-refractivity contribution in [2.24, 2.45) is 0 Å². The lowest BCUT2D eigenvalue weighted by Gasteiger charge is -2.23. The van der Waals surface area contributed by atoms with Crippen molar-refractivity contribution in [3.05, 3.63) is 78.1 Å². The number of carbonyl (C=O) groups is 3. The molecule has 4 amide bonds. The van der Waals surface area contributed by atoms with Crippen molar-refractivity contribution in [1.82, 2.24) is 24.8 Å². The number of nitrogens with zero attached hydrogens (tertiary/aromatic N) is 4. The largest absolute Gasteiger partial charge is 0.444 e. The Bertz CT molecular complexity index is 1530. The summed E-state index contributed by atoms with van der Waals surface area (Å²) in [4.78, 5) is 54.2. The average molecular weight is 587 g/mol. The fourth-order valence-corrected chi connectivity index (χ4v) is 4.20. The molecule has 2 heterocycles. The lowest BCUT2D eigenvalue weighted by Crippen LogP contribution is -2.36. The topological polar surface area (TPSA) is 145 Å². The number of para-hydroxylation sites is 4. The van der Waals surface area contributed by atoms with Gasteiger partial charge in [-0.05, 0) is 83.7 Å². The van der Waals surface area contributed by atoms with Gasteiger partial charge >= 0.3 is 12.1 Å². The van der Waals surface area contributed by atoms with Crippen molar-refractivity contribution in [3.8, 4) is 0 Å².